The van der Waals surface area contributed by atoms with E-state index in [1.165, 1.54) is 12.1 Å². The number of benzene rings is 2. The highest BCUT2D eigenvalue weighted by Gasteiger charge is 2.04. The van der Waals surface area contributed by atoms with Gasteiger partial charge in [0.1, 0.15) is 5.71 Å². The van der Waals surface area contributed by atoms with E-state index in [0.29, 0.717) is 5.71 Å². The van der Waals surface area contributed by atoms with Crippen molar-refractivity contribution < 1.29 is 10.1 Å². The smallest absolute Gasteiger partial charge is 0.269 e. The van der Waals surface area contributed by atoms with E-state index >= 15 is 0 Å². The van der Waals surface area contributed by atoms with Crippen molar-refractivity contribution in [3.63, 3.8) is 0 Å². The fourth-order valence-corrected chi connectivity index (χ4v) is 2.00. The number of allylic oxidation sites excluding steroid dienone is 1. The summed E-state index contributed by atoms with van der Waals surface area (Å²) in [6.45, 7) is 0. The number of hydrogen-bond donors (Lipinski definition) is 1. The van der Waals surface area contributed by atoms with Gasteiger partial charge < -0.3 is 10.1 Å². The number of non-ortho nitro benzene ring substituents is 1. The minimum Gasteiger partial charge on any atom is -0.410 e. The summed E-state index contributed by atoms with van der Waals surface area (Å²) < 4.78 is 0. The van der Waals surface area contributed by atoms with Gasteiger partial charge in [0.2, 0.25) is 0 Å². The Kier molecular flexibility index (Phi) is 5.09. The van der Waals surface area contributed by atoms with Gasteiger partial charge in [0.15, 0.2) is 0 Å². The Morgan fingerprint density at radius 2 is 1.74 bits per heavy atom. The van der Waals surface area contributed by atoms with Crippen molar-refractivity contribution >= 4 is 23.2 Å². The molecule has 2 aromatic carbocycles. The van der Waals surface area contributed by atoms with Crippen LogP contribution in [0.5, 0.6) is 0 Å². The molecule has 0 radical (unpaired) electrons. The summed E-state index contributed by atoms with van der Waals surface area (Å²) in [5, 5.41) is 23.1. The third-order valence-corrected chi connectivity index (χ3v) is 3.32. The predicted molar refractivity (Wildman–Crippen MR) is 91.2 cm³/mol. The SMILES string of the molecule is CN(C)c1ccc(C(C=Cc2ccc([N+](=O)[O-])cc2)=NO)cc1. The summed E-state index contributed by atoms with van der Waals surface area (Å²) in [4.78, 5) is 12.2. The fraction of sp³-hybridized carbons (Fsp3) is 0.118. The van der Waals surface area contributed by atoms with Gasteiger partial charge in [-0.15, -0.1) is 0 Å². The molecular formula is C17H17N3O3. The average Bonchev–Trinajstić information content (AvgIpc) is 2.56. The van der Waals surface area contributed by atoms with Gasteiger partial charge in [-0.3, -0.25) is 10.1 Å². The molecule has 0 saturated heterocycles. The van der Waals surface area contributed by atoms with Crippen LogP contribution in [0.15, 0.2) is 59.8 Å². The molecule has 118 valence electrons. The Morgan fingerprint density at radius 3 is 2.22 bits per heavy atom. The highest BCUT2D eigenvalue weighted by molar-refractivity contribution is 6.10. The molecular weight excluding hydrogens is 294 g/mol. The Morgan fingerprint density at radius 1 is 1.13 bits per heavy atom. The van der Waals surface area contributed by atoms with E-state index in [-0.39, 0.29) is 5.69 Å². The molecule has 0 amide bonds. The van der Waals surface area contributed by atoms with Crippen LogP contribution in [-0.4, -0.2) is 29.9 Å². The minimum absolute atomic E-state index is 0.0393. The normalized spacial score (nSPS) is 11.7. The molecule has 2 rings (SSSR count). The van der Waals surface area contributed by atoms with Gasteiger partial charge >= 0.3 is 0 Å². The molecule has 0 fully saturated rings. The van der Waals surface area contributed by atoms with Crippen LogP contribution in [0, 0.1) is 10.1 Å². The number of rotatable bonds is 5. The fourth-order valence-electron chi connectivity index (χ4n) is 2.00. The average molecular weight is 311 g/mol. The molecule has 23 heavy (non-hydrogen) atoms. The predicted octanol–water partition coefficient (Wildman–Crippen LogP) is 3.55. The highest BCUT2D eigenvalue weighted by Crippen LogP contribution is 2.15. The van der Waals surface area contributed by atoms with E-state index in [4.69, 9.17) is 0 Å². The van der Waals surface area contributed by atoms with Gasteiger partial charge in [0, 0.05) is 37.5 Å². The molecule has 0 unspecified atom stereocenters. The van der Waals surface area contributed by atoms with Crippen LogP contribution >= 0.6 is 0 Å². The van der Waals surface area contributed by atoms with Gasteiger partial charge in [-0.1, -0.05) is 23.4 Å². The summed E-state index contributed by atoms with van der Waals surface area (Å²) in [5.41, 5.74) is 3.05. The van der Waals surface area contributed by atoms with Crippen LogP contribution < -0.4 is 4.90 Å². The Hall–Kier alpha value is -3.15. The summed E-state index contributed by atoms with van der Waals surface area (Å²) in [5.74, 6) is 0. The molecule has 0 bridgehead atoms. The molecule has 0 spiro atoms. The van der Waals surface area contributed by atoms with Gasteiger partial charge in [0.25, 0.3) is 5.69 Å². The van der Waals surface area contributed by atoms with E-state index in [9.17, 15) is 15.3 Å². The Labute approximate surface area is 134 Å². The topological polar surface area (TPSA) is 79.0 Å². The first-order chi connectivity index (χ1) is 11.0. The largest absolute Gasteiger partial charge is 0.410 e. The molecule has 0 saturated carbocycles. The zero-order chi connectivity index (χ0) is 16.8. The van der Waals surface area contributed by atoms with Crippen LogP contribution in [0.2, 0.25) is 0 Å². The number of nitro groups is 1. The molecule has 0 atom stereocenters. The van der Waals surface area contributed by atoms with Crippen molar-refractivity contribution in [3.05, 3.63) is 75.8 Å². The van der Waals surface area contributed by atoms with Crippen LogP contribution in [0.25, 0.3) is 6.08 Å². The summed E-state index contributed by atoms with van der Waals surface area (Å²) >= 11 is 0. The molecule has 6 nitrogen and oxygen atoms in total. The van der Waals surface area contributed by atoms with E-state index in [2.05, 4.69) is 5.16 Å². The Balaban J connectivity index is 2.17. The number of nitro benzene ring substituents is 1. The van der Waals surface area contributed by atoms with Gasteiger partial charge in [-0.2, -0.15) is 0 Å². The second kappa shape index (κ2) is 7.22. The van der Waals surface area contributed by atoms with E-state index in [1.807, 2.05) is 43.3 Å². The third-order valence-electron chi connectivity index (χ3n) is 3.32. The standard InChI is InChI=1S/C17H17N3O3/c1-19(2)15-10-6-14(7-11-15)17(18-21)12-5-13-3-8-16(9-4-13)20(22)23/h3-12,21H,1-2H3. The van der Waals surface area contributed by atoms with Gasteiger partial charge in [-0.25, -0.2) is 0 Å². The van der Waals surface area contributed by atoms with E-state index in [1.54, 1.807) is 24.3 Å². The molecule has 0 heterocycles. The molecule has 0 aliphatic rings. The lowest BCUT2D eigenvalue weighted by Gasteiger charge is -2.12. The number of oxime groups is 1. The van der Waals surface area contributed by atoms with Crippen molar-refractivity contribution in [2.75, 3.05) is 19.0 Å². The lowest BCUT2D eigenvalue weighted by molar-refractivity contribution is -0.384. The maximum Gasteiger partial charge on any atom is 0.269 e. The lowest BCUT2D eigenvalue weighted by Crippen LogP contribution is -2.08. The summed E-state index contributed by atoms with van der Waals surface area (Å²) in [6.07, 6.45) is 3.39. The molecule has 0 aromatic heterocycles. The molecule has 6 heteroatoms. The molecule has 0 aliphatic heterocycles. The second-order valence-corrected chi connectivity index (χ2v) is 5.11. The zero-order valence-corrected chi connectivity index (χ0v) is 12.9. The Bertz CT molecular complexity index is 733. The first-order valence-electron chi connectivity index (χ1n) is 6.93. The minimum atomic E-state index is -0.444. The zero-order valence-electron chi connectivity index (χ0n) is 12.9. The van der Waals surface area contributed by atoms with Crippen molar-refractivity contribution in [2.24, 2.45) is 5.16 Å². The van der Waals surface area contributed by atoms with Gasteiger partial charge in [0.05, 0.1) is 4.92 Å². The molecule has 1 N–H and O–H groups in total. The molecule has 0 aliphatic carbocycles. The summed E-state index contributed by atoms with van der Waals surface area (Å²) in [7, 11) is 3.90. The number of hydrogen-bond acceptors (Lipinski definition) is 5. The number of nitrogens with zero attached hydrogens (tertiary/aromatic N) is 3. The van der Waals surface area contributed by atoms with Crippen molar-refractivity contribution in [1.82, 2.24) is 0 Å². The first kappa shape index (κ1) is 16.2. The maximum atomic E-state index is 10.6. The van der Waals surface area contributed by atoms with Crippen LogP contribution in [0.1, 0.15) is 11.1 Å². The van der Waals surface area contributed by atoms with Gasteiger partial charge in [-0.05, 0) is 35.9 Å². The second-order valence-electron chi connectivity index (χ2n) is 5.11. The summed E-state index contributed by atoms with van der Waals surface area (Å²) in [6, 6.07) is 13.7. The maximum absolute atomic E-state index is 10.6. The number of anilines is 1. The van der Waals surface area contributed by atoms with Crippen molar-refractivity contribution in [1.29, 1.82) is 0 Å². The quantitative estimate of drug-likeness (QED) is 0.396. The first-order valence-corrected chi connectivity index (χ1v) is 6.93. The van der Waals surface area contributed by atoms with Crippen LogP contribution in [-0.2, 0) is 0 Å². The lowest BCUT2D eigenvalue weighted by atomic mass is 10.1. The van der Waals surface area contributed by atoms with E-state index in [0.717, 1.165) is 16.8 Å². The van der Waals surface area contributed by atoms with Crippen molar-refractivity contribution in [3.8, 4) is 0 Å². The molecule has 2 aromatic rings. The third kappa shape index (κ3) is 4.16. The van der Waals surface area contributed by atoms with E-state index < -0.39 is 4.92 Å². The monoisotopic (exact) mass is 311 g/mol. The van der Waals surface area contributed by atoms with Crippen molar-refractivity contribution in [2.45, 2.75) is 0 Å². The highest BCUT2D eigenvalue weighted by atomic mass is 16.6. The van der Waals surface area contributed by atoms with Crippen LogP contribution in [0.4, 0.5) is 11.4 Å². The van der Waals surface area contributed by atoms with Crippen LogP contribution in [0.3, 0.4) is 0 Å².